The normalized spacial score (nSPS) is 23.2. The lowest BCUT2D eigenvalue weighted by Crippen LogP contribution is -2.41. The van der Waals surface area contributed by atoms with Crippen LogP contribution in [0, 0.1) is 22.7 Å². The number of pyridine rings is 1. The Kier molecular flexibility index (Phi) is 5.46. The van der Waals surface area contributed by atoms with E-state index >= 15 is 0 Å². The second-order valence-electron chi connectivity index (χ2n) is 9.56. The molecule has 1 unspecified atom stereocenters. The van der Waals surface area contributed by atoms with Gasteiger partial charge in [0.25, 0.3) is 0 Å². The van der Waals surface area contributed by atoms with E-state index in [2.05, 4.69) is 22.4 Å². The van der Waals surface area contributed by atoms with Crippen molar-refractivity contribution in [2.75, 3.05) is 19.6 Å². The van der Waals surface area contributed by atoms with Gasteiger partial charge >= 0.3 is 6.03 Å². The molecule has 0 aromatic carbocycles. The number of likely N-dealkylation sites (tertiary alicyclic amines) is 1. The van der Waals surface area contributed by atoms with Crippen LogP contribution in [0.25, 0.3) is 0 Å². The quantitative estimate of drug-likeness (QED) is 0.792. The van der Waals surface area contributed by atoms with Crippen molar-refractivity contribution in [1.82, 2.24) is 20.1 Å². The highest BCUT2D eigenvalue weighted by molar-refractivity contribution is 5.80. The number of rotatable bonds is 4. The number of nitriles is 1. The van der Waals surface area contributed by atoms with E-state index in [0.717, 1.165) is 61.9 Å². The summed E-state index contributed by atoms with van der Waals surface area (Å²) in [5.74, 6) is 0.632. The minimum atomic E-state index is -0.00188. The van der Waals surface area contributed by atoms with Crippen LogP contribution in [-0.4, -0.2) is 46.4 Å². The van der Waals surface area contributed by atoms with Crippen molar-refractivity contribution in [3.63, 3.8) is 0 Å². The SMILES string of the molecule is N#CC1=C(CC(=O)N2CCC3(CC2)CC3CNC(=O)N2Cc3ccncc3C2)C=CCC1. The van der Waals surface area contributed by atoms with Gasteiger partial charge in [-0.25, -0.2) is 4.79 Å². The second kappa shape index (κ2) is 8.42. The molecular formula is C25H29N5O2. The largest absolute Gasteiger partial charge is 0.342 e. The number of hydrogen-bond donors (Lipinski definition) is 1. The van der Waals surface area contributed by atoms with Crippen molar-refractivity contribution in [2.24, 2.45) is 11.3 Å². The highest BCUT2D eigenvalue weighted by Crippen LogP contribution is 2.59. The molecule has 1 saturated heterocycles. The molecule has 2 aliphatic carbocycles. The van der Waals surface area contributed by atoms with Crippen LogP contribution in [0.1, 0.15) is 49.7 Å². The van der Waals surface area contributed by atoms with Crippen molar-refractivity contribution in [2.45, 2.75) is 51.6 Å². The molecule has 3 amide bonds. The van der Waals surface area contributed by atoms with Crippen LogP contribution in [0.3, 0.4) is 0 Å². The summed E-state index contributed by atoms with van der Waals surface area (Å²) in [6.45, 7) is 3.53. The summed E-state index contributed by atoms with van der Waals surface area (Å²) in [4.78, 5) is 33.3. The standard InChI is InChI=1S/C25H29N5O2/c26-13-19-4-2-1-3-18(19)11-23(31)29-9-6-25(7-10-29)12-22(25)15-28-24(32)30-16-20-5-8-27-14-21(20)17-30/h1,3,5,8,14,22H,2,4,6-7,9-12,15-17H2,(H,28,32). The van der Waals surface area contributed by atoms with Gasteiger partial charge in [0.2, 0.25) is 5.91 Å². The van der Waals surface area contributed by atoms with Crippen molar-refractivity contribution in [3.8, 4) is 6.07 Å². The van der Waals surface area contributed by atoms with Gasteiger partial charge in [-0.3, -0.25) is 9.78 Å². The molecule has 7 heteroatoms. The number of fused-ring (bicyclic) bond motifs is 1. The van der Waals surface area contributed by atoms with E-state index in [-0.39, 0.29) is 17.4 Å². The Bertz CT molecular complexity index is 1000. The first-order valence-electron chi connectivity index (χ1n) is 11.6. The molecule has 1 aromatic heterocycles. The smallest absolute Gasteiger partial charge is 0.318 e. The summed E-state index contributed by atoms with van der Waals surface area (Å²) in [5, 5.41) is 12.4. The number of allylic oxidation sites excluding steroid dienone is 3. The molecule has 1 aromatic rings. The van der Waals surface area contributed by atoms with Crippen molar-refractivity contribution in [1.29, 1.82) is 5.26 Å². The zero-order valence-electron chi connectivity index (χ0n) is 18.3. The monoisotopic (exact) mass is 431 g/mol. The highest BCUT2D eigenvalue weighted by Gasteiger charge is 2.54. The molecule has 1 spiro atoms. The Morgan fingerprint density at radius 2 is 2.03 bits per heavy atom. The van der Waals surface area contributed by atoms with Crippen LogP contribution < -0.4 is 5.32 Å². The van der Waals surface area contributed by atoms with Gasteiger partial charge in [-0.05, 0) is 66.2 Å². The Labute approximate surface area is 188 Å². The van der Waals surface area contributed by atoms with Gasteiger partial charge in [0.1, 0.15) is 0 Å². The number of hydrogen-bond acceptors (Lipinski definition) is 4. The lowest BCUT2D eigenvalue weighted by atomic mass is 9.90. The lowest BCUT2D eigenvalue weighted by molar-refractivity contribution is -0.132. The summed E-state index contributed by atoms with van der Waals surface area (Å²) in [6, 6.07) is 4.24. The molecule has 166 valence electrons. The molecule has 1 saturated carbocycles. The molecule has 2 fully saturated rings. The van der Waals surface area contributed by atoms with Crippen LogP contribution in [0.5, 0.6) is 0 Å². The van der Waals surface area contributed by atoms with E-state index in [1.54, 1.807) is 6.20 Å². The zero-order chi connectivity index (χ0) is 22.1. The van der Waals surface area contributed by atoms with E-state index in [0.29, 0.717) is 32.0 Å². The maximum atomic E-state index is 12.8. The van der Waals surface area contributed by atoms with E-state index < -0.39 is 0 Å². The summed E-state index contributed by atoms with van der Waals surface area (Å²) < 4.78 is 0. The number of aromatic nitrogens is 1. The Morgan fingerprint density at radius 3 is 2.81 bits per heavy atom. The van der Waals surface area contributed by atoms with E-state index in [1.165, 1.54) is 5.56 Å². The van der Waals surface area contributed by atoms with Gasteiger partial charge in [0.05, 0.1) is 12.5 Å². The van der Waals surface area contributed by atoms with Crippen LogP contribution in [0.15, 0.2) is 41.8 Å². The minimum absolute atomic E-state index is 0.00188. The highest BCUT2D eigenvalue weighted by atomic mass is 16.2. The molecule has 0 radical (unpaired) electrons. The number of urea groups is 1. The molecule has 5 rings (SSSR count). The fourth-order valence-corrected chi connectivity index (χ4v) is 5.50. The predicted molar refractivity (Wildman–Crippen MR) is 119 cm³/mol. The molecule has 32 heavy (non-hydrogen) atoms. The van der Waals surface area contributed by atoms with Gasteiger partial charge in [0.15, 0.2) is 0 Å². The van der Waals surface area contributed by atoms with Crippen molar-refractivity contribution >= 4 is 11.9 Å². The lowest BCUT2D eigenvalue weighted by Gasteiger charge is -2.33. The maximum Gasteiger partial charge on any atom is 0.318 e. The van der Waals surface area contributed by atoms with E-state index in [1.807, 2.05) is 28.1 Å². The first-order valence-corrected chi connectivity index (χ1v) is 11.6. The predicted octanol–water partition coefficient (Wildman–Crippen LogP) is 3.30. The first kappa shape index (κ1) is 20.7. The third kappa shape index (κ3) is 4.02. The molecular weight excluding hydrogens is 402 g/mol. The molecule has 7 nitrogen and oxygen atoms in total. The Morgan fingerprint density at radius 1 is 1.22 bits per heavy atom. The first-order chi connectivity index (χ1) is 15.6. The number of nitrogens with zero attached hydrogens (tertiary/aromatic N) is 4. The summed E-state index contributed by atoms with van der Waals surface area (Å²) >= 11 is 0. The van der Waals surface area contributed by atoms with E-state index in [9.17, 15) is 14.9 Å². The topological polar surface area (TPSA) is 89.3 Å². The van der Waals surface area contributed by atoms with Gasteiger partial charge in [-0.15, -0.1) is 0 Å². The van der Waals surface area contributed by atoms with Crippen LogP contribution >= 0.6 is 0 Å². The summed E-state index contributed by atoms with van der Waals surface area (Å²) in [6.07, 6.45) is 12.7. The van der Waals surface area contributed by atoms with Crippen LogP contribution in [-0.2, 0) is 17.9 Å². The molecule has 0 bridgehead atoms. The average Bonchev–Trinajstić information content (AvgIpc) is 3.29. The van der Waals surface area contributed by atoms with Gasteiger partial charge < -0.3 is 15.1 Å². The number of carbonyl (C=O) groups is 2. The fraction of sp³-hybridized carbons (Fsp3) is 0.520. The summed E-state index contributed by atoms with van der Waals surface area (Å²) in [7, 11) is 0. The number of nitrogens with one attached hydrogen (secondary N) is 1. The van der Waals surface area contributed by atoms with Crippen LogP contribution in [0.2, 0.25) is 0 Å². The number of amides is 3. The number of carbonyl (C=O) groups excluding carboxylic acids is 2. The Balaban J connectivity index is 1.07. The van der Waals surface area contributed by atoms with Crippen LogP contribution in [0.4, 0.5) is 4.79 Å². The maximum absolute atomic E-state index is 12.8. The van der Waals surface area contributed by atoms with Gasteiger partial charge in [-0.2, -0.15) is 5.26 Å². The Hall–Kier alpha value is -3.14. The molecule has 1 N–H and O–H groups in total. The average molecular weight is 432 g/mol. The molecule has 1 atom stereocenters. The zero-order valence-corrected chi connectivity index (χ0v) is 18.3. The molecule has 2 aliphatic heterocycles. The second-order valence-corrected chi connectivity index (χ2v) is 9.56. The summed E-state index contributed by atoms with van der Waals surface area (Å²) in [5.41, 5.74) is 4.23. The fourth-order valence-electron chi connectivity index (χ4n) is 5.50. The van der Waals surface area contributed by atoms with Gasteiger partial charge in [-0.1, -0.05) is 12.2 Å². The number of piperidine rings is 1. The van der Waals surface area contributed by atoms with Crippen molar-refractivity contribution < 1.29 is 9.59 Å². The molecule has 4 aliphatic rings. The molecule has 3 heterocycles. The minimum Gasteiger partial charge on any atom is -0.342 e. The van der Waals surface area contributed by atoms with E-state index in [4.69, 9.17) is 0 Å². The van der Waals surface area contributed by atoms with Gasteiger partial charge in [0, 0.05) is 50.7 Å². The third-order valence-corrected chi connectivity index (χ3v) is 7.73. The third-order valence-electron chi connectivity index (χ3n) is 7.73. The van der Waals surface area contributed by atoms with Crippen molar-refractivity contribution in [3.05, 3.63) is 52.9 Å².